The van der Waals surface area contributed by atoms with Crippen LogP contribution in [0.2, 0.25) is 0 Å². The minimum absolute atomic E-state index is 0.130. The zero-order chi connectivity index (χ0) is 19.2. The predicted octanol–water partition coefficient (Wildman–Crippen LogP) is 3.02. The lowest BCUT2D eigenvalue weighted by molar-refractivity contribution is 0.0211. The Morgan fingerprint density at radius 2 is 2.14 bits per heavy atom. The van der Waals surface area contributed by atoms with Gasteiger partial charge in [-0.1, -0.05) is 5.16 Å². The highest BCUT2D eigenvalue weighted by Crippen LogP contribution is 2.31. The van der Waals surface area contributed by atoms with Crippen molar-refractivity contribution < 1.29 is 23.2 Å². The first-order valence-electron chi connectivity index (χ1n) is 10.1. The van der Waals surface area contributed by atoms with Crippen LogP contribution in [0.4, 0.5) is 0 Å². The Hall–Kier alpha value is -2.19. The first kappa shape index (κ1) is 19.1. The summed E-state index contributed by atoms with van der Waals surface area (Å²) < 4.78 is 21.9. The van der Waals surface area contributed by atoms with Gasteiger partial charge in [0.2, 0.25) is 5.89 Å². The molecule has 4 heterocycles. The van der Waals surface area contributed by atoms with Crippen LogP contribution in [0.5, 0.6) is 0 Å². The molecule has 2 aromatic heterocycles. The Balaban J connectivity index is 1.31. The van der Waals surface area contributed by atoms with Crippen LogP contribution in [-0.4, -0.2) is 53.9 Å². The van der Waals surface area contributed by atoms with Crippen LogP contribution in [0.25, 0.3) is 0 Å². The summed E-state index contributed by atoms with van der Waals surface area (Å²) in [6.45, 7) is 3.64. The molecule has 2 aliphatic heterocycles. The smallest absolute Gasteiger partial charge is 0.290 e. The van der Waals surface area contributed by atoms with Gasteiger partial charge < -0.3 is 23.3 Å². The van der Waals surface area contributed by atoms with Crippen LogP contribution in [0.1, 0.15) is 60.4 Å². The Morgan fingerprint density at radius 1 is 1.25 bits per heavy atom. The Bertz CT molecular complexity index is 739. The number of rotatable bonds is 7. The van der Waals surface area contributed by atoms with Gasteiger partial charge >= 0.3 is 0 Å². The predicted molar refractivity (Wildman–Crippen MR) is 98.7 cm³/mol. The number of amides is 1. The van der Waals surface area contributed by atoms with E-state index < -0.39 is 0 Å². The average Bonchev–Trinajstić information content (AvgIpc) is 3.44. The van der Waals surface area contributed by atoms with Crippen molar-refractivity contribution >= 4 is 5.91 Å². The maximum absolute atomic E-state index is 12.7. The normalized spacial score (nSPS) is 21.1. The first-order valence-corrected chi connectivity index (χ1v) is 10.1. The van der Waals surface area contributed by atoms with Crippen molar-refractivity contribution in [3.63, 3.8) is 0 Å². The standard InChI is InChI=1S/C20H27N3O5/c24-20(17-5-3-10-27-17)23-9-2-1-4-16(23)19-21-18(22-28-19)8-13-26-14-15-6-11-25-12-7-15/h3,5,10,15-16H,1-2,4,6-9,11-14H2. The quantitative estimate of drug-likeness (QED) is 0.672. The van der Waals surface area contributed by atoms with Crippen molar-refractivity contribution in [3.8, 4) is 0 Å². The molecule has 1 unspecified atom stereocenters. The first-order chi connectivity index (χ1) is 13.8. The molecule has 1 atom stereocenters. The minimum atomic E-state index is -0.198. The third-order valence-corrected chi connectivity index (χ3v) is 5.43. The molecule has 152 valence electrons. The molecular formula is C20H27N3O5. The Labute approximate surface area is 164 Å². The van der Waals surface area contributed by atoms with Gasteiger partial charge in [-0.25, -0.2) is 0 Å². The van der Waals surface area contributed by atoms with E-state index in [0.717, 1.165) is 51.9 Å². The van der Waals surface area contributed by atoms with Crippen LogP contribution in [-0.2, 0) is 15.9 Å². The van der Waals surface area contributed by atoms with E-state index in [4.69, 9.17) is 18.4 Å². The monoisotopic (exact) mass is 389 g/mol. The van der Waals surface area contributed by atoms with Gasteiger partial charge in [0.25, 0.3) is 5.91 Å². The van der Waals surface area contributed by atoms with Crippen molar-refractivity contribution in [2.75, 3.05) is 33.0 Å². The summed E-state index contributed by atoms with van der Waals surface area (Å²) >= 11 is 0. The highest BCUT2D eigenvalue weighted by molar-refractivity contribution is 5.91. The number of carbonyl (C=O) groups excluding carboxylic acids is 1. The molecule has 0 aromatic carbocycles. The third-order valence-electron chi connectivity index (χ3n) is 5.43. The highest BCUT2D eigenvalue weighted by Gasteiger charge is 2.33. The molecule has 2 fully saturated rings. The second-order valence-corrected chi connectivity index (χ2v) is 7.42. The fourth-order valence-corrected chi connectivity index (χ4v) is 3.80. The fraction of sp³-hybridized carbons (Fsp3) is 0.650. The van der Waals surface area contributed by atoms with Crippen molar-refractivity contribution in [3.05, 3.63) is 35.9 Å². The van der Waals surface area contributed by atoms with Crippen molar-refractivity contribution in [1.82, 2.24) is 15.0 Å². The summed E-state index contributed by atoms with van der Waals surface area (Å²) in [4.78, 5) is 19.0. The fourth-order valence-electron chi connectivity index (χ4n) is 3.80. The minimum Gasteiger partial charge on any atom is -0.459 e. The lowest BCUT2D eigenvalue weighted by Gasteiger charge is -2.32. The molecule has 1 amide bonds. The van der Waals surface area contributed by atoms with Gasteiger partial charge in [0, 0.05) is 32.8 Å². The summed E-state index contributed by atoms with van der Waals surface area (Å²) in [5.74, 6) is 1.91. The number of furan rings is 1. The number of aromatic nitrogens is 2. The van der Waals surface area contributed by atoms with E-state index in [1.165, 1.54) is 6.26 Å². The van der Waals surface area contributed by atoms with Gasteiger partial charge in [-0.2, -0.15) is 4.98 Å². The molecule has 0 aliphatic carbocycles. The Morgan fingerprint density at radius 3 is 2.96 bits per heavy atom. The number of piperidine rings is 1. The van der Waals surface area contributed by atoms with Crippen LogP contribution < -0.4 is 0 Å². The van der Waals surface area contributed by atoms with Gasteiger partial charge in [0.15, 0.2) is 11.6 Å². The van der Waals surface area contributed by atoms with Gasteiger partial charge in [0.05, 0.1) is 12.9 Å². The van der Waals surface area contributed by atoms with E-state index in [9.17, 15) is 4.79 Å². The summed E-state index contributed by atoms with van der Waals surface area (Å²) in [5, 5.41) is 4.08. The number of likely N-dealkylation sites (tertiary alicyclic amines) is 1. The molecular weight excluding hydrogens is 362 g/mol. The van der Waals surface area contributed by atoms with E-state index in [-0.39, 0.29) is 11.9 Å². The summed E-state index contributed by atoms with van der Waals surface area (Å²) in [5.41, 5.74) is 0. The van der Waals surface area contributed by atoms with Crippen molar-refractivity contribution in [2.24, 2.45) is 5.92 Å². The molecule has 2 aromatic rings. The zero-order valence-electron chi connectivity index (χ0n) is 16.0. The summed E-state index contributed by atoms with van der Waals surface area (Å²) in [6.07, 6.45) is 7.04. The van der Waals surface area contributed by atoms with Gasteiger partial charge in [-0.05, 0) is 50.2 Å². The SMILES string of the molecule is O=C(c1ccco1)N1CCCCC1c1nc(CCOCC2CCOCC2)no1. The second-order valence-electron chi connectivity index (χ2n) is 7.42. The summed E-state index contributed by atoms with van der Waals surface area (Å²) in [7, 11) is 0. The van der Waals surface area contributed by atoms with Gasteiger partial charge in [0.1, 0.15) is 6.04 Å². The number of hydrogen-bond donors (Lipinski definition) is 0. The molecule has 0 spiro atoms. The lowest BCUT2D eigenvalue weighted by atomic mass is 10.0. The number of ether oxygens (including phenoxy) is 2. The van der Waals surface area contributed by atoms with Crippen molar-refractivity contribution in [1.29, 1.82) is 0 Å². The van der Waals surface area contributed by atoms with Crippen LogP contribution in [0.15, 0.2) is 27.3 Å². The third kappa shape index (κ3) is 4.62. The van der Waals surface area contributed by atoms with E-state index in [1.54, 1.807) is 17.0 Å². The Kier molecular flexibility index (Phi) is 6.38. The van der Waals surface area contributed by atoms with E-state index in [2.05, 4.69) is 10.1 Å². The molecule has 8 nitrogen and oxygen atoms in total. The molecule has 0 radical (unpaired) electrons. The van der Waals surface area contributed by atoms with Crippen LogP contribution in [0, 0.1) is 5.92 Å². The van der Waals surface area contributed by atoms with Crippen LogP contribution in [0.3, 0.4) is 0 Å². The molecule has 0 saturated carbocycles. The van der Waals surface area contributed by atoms with Gasteiger partial charge in [-0.3, -0.25) is 4.79 Å². The average molecular weight is 389 g/mol. The maximum Gasteiger partial charge on any atom is 0.290 e. The molecule has 0 N–H and O–H groups in total. The van der Waals surface area contributed by atoms with E-state index in [1.807, 2.05) is 0 Å². The number of hydrogen-bond acceptors (Lipinski definition) is 7. The summed E-state index contributed by atoms with van der Waals surface area (Å²) in [6, 6.07) is 3.20. The molecule has 4 rings (SSSR count). The lowest BCUT2D eigenvalue weighted by Crippen LogP contribution is -2.38. The maximum atomic E-state index is 12.7. The second kappa shape index (κ2) is 9.34. The van der Waals surface area contributed by atoms with Crippen molar-refractivity contribution in [2.45, 2.75) is 44.6 Å². The number of carbonyl (C=O) groups is 1. The molecule has 28 heavy (non-hydrogen) atoms. The molecule has 2 aliphatic rings. The largest absolute Gasteiger partial charge is 0.459 e. The molecule has 2 saturated heterocycles. The zero-order valence-corrected chi connectivity index (χ0v) is 16.0. The van der Waals surface area contributed by atoms with Gasteiger partial charge in [-0.15, -0.1) is 0 Å². The highest BCUT2D eigenvalue weighted by atomic mass is 16.5. The van der Waals surface area contributed by atoms with Crippen LogP contribution >= 0.6 is 0 Å². The van der Waals surface area contributed by atoms with E-state index in [0.29, 0.717) is 43.0 Å². The van der Waals surface area contributed by atoms with E-state index >= 15 is 0 Å². The molecule has 8 heteroatoms. The number of nitrogens with zero attached hydrogens (tertiary/aromatic N) is 3. The molecule has 0 bridgehead atoms. The topological polar surface area (TPSA) is 90.8 Å².